The highest BCUT2D eigenvalue weighted by molar-refractivity contribution is 6.54. The van der Waals surface area contributed by atoms with Crippen molar-refractivity contribution in [3.63, 3.8) is 0 Å². The van der Waals surface area contributed by atoms with Crippen molar-refractivity contribution in [1.29, 1.82) is 5.26 Å². The minimum atomic E-state index is -2.18. The molecule has 2 unspecified atom stereocenters. The molecule has 7 heteroatoms. The monoisotopic (exact) mass is 313 g/mol. The van der Waals surface area contributed by atoms with E-state index in [9.17, 15) is 0 Å². The van der Waals surface area contributed by atoms with Crippen LogP contribution < -0.4 is 0 Å². The van der Waals surface area contributed by atoms with Gasteiger partial charge in [-0.3, -0.25) is 0 Å². The molecule has 0 aromatic heterocycles. The van der Waals surface area contributed by atoms with Crippen molar-refractivity contribution >= 4 is 18.7 Å². The summed E-state index contributed by atoms with van der Waals surface area (Å²) in [4.78, 5) is 0. The lowest BCUT2D eigenvalue weighted by Gasteiger charge is -2.34. The summed E-state index contributed by atoms with van der Waals surface area (Å²) in [6, 6.07) is 1.82. The van der Waals surface area contributed by atoms with Crippen molar-refractivity contribution in [2.75, 3.05) is 6.61 Å². The van der Waals surface area contributed by atoms with Gasteiger partial charge >= 0.3 is 7.12 Å². The van der Waals surface area contributed by atoms with Crippen LogP contribution in [0, 0.1) is 11.3 Å². The number of rotatable bonds is 3. The fourth-order valence-electron chi connectivity index (χ4n) is 2.21. The lowest BCUT2D eigenvalue weighted by molar-refractivity contribution is 0.00578. The predicted octanol–water partition coefficient (Wildman–Crippen LogP) is 2.93. The zero-order chi connectivity index (χ0) is 15.9. The third kappa shape index (κ3) is 2.64. The van der Waals surface area contributed by atoms with Crippen LogP contribution in [0.15, 0.2) is 23.3 Å². The summed E-state index contributed by atoms with van der Waals surface area (Å²) in [6.07, 6.45) is 3.50. The minimum absolute atomic E-state index is 0.0635. The van der Waals surface area contributed by atoms with E-state index in [4.69, 9.17) is 30.9 Å². The maximum absolute atomic E-state index is 15.6. The molecule has 1 saturated heterocycles. The van der Waals surface area contributed by atoms with Crippen molar-refractivity contribution in [3.05, 3.63) is 23.3 Å². The van der Waals surface area contributed by atoms with Crippen molar-refractivity contribution in [1.82, 2.24) is 0 Å². The minimum Gasteiger partial charge on any atom is -0.401 e. The smallest absolute Gasteiger partial charge is 0.401 e. The SMILES string of the molecule is CC1(C)OB(C2(F)C(Cl)=CC=CC2OCC#N)OC1(C)C. The van der Waals surface area contributed by atoms with Gasteiger partial charge in [0.2, 0.25) is 5.57 Å². The van der Waals surface area contributed by atoms with Gasteiger partial charge in [-0.1, -0.05) is 23.8 Å². The summed E-state index contributed by atoms with van der Waals surface area (Å²) < 4.78 is 32.4. The van der Waals surface area contributed by atoms with E-state index in [1.54, 1.807) is 6.08 Å². The molecule has 0 radical (unpaired) electrons. The molecule has 0 aromatic carbocycles. The molecule has 0 amide bonds. The average Bonchev–Trinajstić information content (AvgIpc) is 2.60. The van der Waals surface area contributed by atoms with E-state index in [0.717, 1.165) is 0 Å². The van der Waals surface area contributed by atoms with E-state index < -0.39 is 30.0 Å². The molecule has 1 aliphatic heterocycles. The number of alkyl halides is 1. The molecule has 0 aromatic rings. The van der Waals surface area contributed by atoms with Crippen LogP contribution >= 0.6 is 11.6 Å². The molecule has 1 heterocycles. The van der Waals surface area contributed by atoms with Gasteiger partial charge in [0.15, 0.2) is 0 Å². The second-order valence-electron chi connectivity index (χ2n) is 6.15. The van der Waals surface area contributed by atoms with Crippen LogP contribution in [0.3, 0.4) is 0 Å². The fraction of sp³-hybridized carbons (Fsp3) is 0.643. The van der Waals surface area contributed by atoms with Gasteiger partial charge in [-0.25, -0.2) is 4.39 Å². The van der Waals surface area contributed by atoms with Gasteiger partial charge in [-0.15, -0.1) is 0 Å². The number of hydrogen-bond acceptors (Lipinski definition) is 4. The highest BCUT2D eigenvalue weighted by Gasteiger charge is 2.65. The van der Waals surface area contributed by atoms with E-state index in [-0.39, 0.29) is 11.6 Å². The fourth-order valence-corrected chi connectivity index (χ4v) is 2.48. The molecule has 1 fully saturated rings. The largest absolute Gasteiger partial charge is 0.507 e. The van der Waals surface area contributed by atoms with E-state index in [1.807, 2.05) is 33.8 Å². The van der Waals surface area contributed by atoms with Crippen LogP contribution in [-0.4, -0.2) is 36.6 Å². The lowest BCUT2D eigenvalue weighted by Crippen LogP contribution is -2.55. The van der Waals surface area contributed by atoms with Crippen molar-refractivity contribution in [3.8, 4) is 6.07 Å². The predicted molar refractivity (Wildman–Crippen MR) is 78.4 cm³/mol. The summed E-state index contributed by atoms with van der Waals surface area (Å²) >= 11 is 6.08. The Balaban J connectivity index is 2.32. The third-order valence-electron chi connectivity index (χ3n) is 4.23. The van der Waals surface area contributed by atoms with Gasteiger partial charge in [-0.2, -0.15) is 5.26 Å². The first kappa shape index (κ1) is 16.5. The van der Waals surface area contributed by atoms with Gasteiger partial charge in [0.05, 0.1) is 22.3 Å². The second-order valence-corrected chi connectivity index (χ2v) is 6.55. The summed E-state index contributed by atoms with van der Waals surface area (Å²) in [6.45, 7) is 7.08. The standard InChI is InChI=1S/C14H18BClFNO3/c1-12(2)13(3,4)21-15(20-12)14(17)10(16)6-5-7-11(14)19-9-8-18/h5-7,11H,9H2,1-4H3. The number of nitrogens with zero attached hydrogens (tertiary/aromatic N) is 1. The van der Waals surface area contributed by atoms with Gasteiger partial charge in [-0.05, 0) is 33.8 Å². The second kappa shape index (κ2) is 5.40. The van der Waals surface area contributed by atoms with Gasteiger partial charge in [0.25, 0.3) is 0 Å². The van der Waals surface area contributed by atoms with Gasteiger partial charge in [0, 0.05) is 0 Å². The number of ether oxygens (including phenoxy) is 1. The molecular formula is C14H18BClFNO3. The molecule has 4 nitrogen and oxygen atoms in total. The first-order valence-electron chi connectivity index (χ1n) is 6.73. The Morgan fingerprint density at radius 1 is 1.38 bits per heavy atom. The Kier molecular flexibility index (Phi) is 4.24. The van der Waals surface area contributed by atoms with Crippen LogP contribution in [0.4, 0.5) is 4.39 Å². The van der Waals surface area contributed by atoms with Crippen LogP contribution in [-0.2, 0) is 14.0 Å². The van der Waals surface area contributed by atoms with E-state index in [0.29, 0.717) is 0 Å². The highest BCUT2D eigenvalue weighted by Crippen LogP contribution is 2.46. The maximum atomic E-state index is 15.6. The Labute approximate surface area is 129 Å². The quantitative estimate of drug-likeness (QED) is 0.752. The van der Waals surface area contributed by atoms with Crippen LogP contribution in [0.2, 0.25) is 0 Å². The van der Waals surface area contributed by atoms with Crippen LogP contribution in [0.5, 0.6) is 0 Å². The molecule has 2 rings (SSSR count). The van der Waals surface area contributed by atoms with Crippen LogP contribution in [0.25, 0.3) is 0 Å². The summed E-state index contributed by atoms with van der Waals surface area (Å²) in [5.41, 5.74) is -3.55. The molecule has 2 atom stereocenters. The Morgan fingerprint density at radius 2 is 1.95 bits per heavy atom. The normalized spacial score (nSPS) is 33.7. The van der Waals surface area contributed by atoms with E-state index >= 15 is 4.39 Å². The molecule has 0 N–H and O–H groups in total. The first-order chi connectivity index (χ1) is 9.65. The zero-order valence-corrected chi connectivity index (χ0v) is 13.3. The van der Waals surface area contributed by atoms with Crippen molar-refractivity contribution in [2.24, 2.45) is 0 Å². The average molecular weight is 314 g/mol. The van der Waals surface area contributed by atoms with Crippen molar-refractivity contribution in [2.45, 2.75) is 50.6 Å². The van der Waals surface area contributed by atoms with Crippen molar-refractivity contribution < 1.29 is 18.4 Å². The molecule has 21 heavy (non-hydrogen) atoms. The van der Waals surface area contributed by atoms with Crippen LogP contribution in [0.1, 0.15) is 27.7 Å². The summed E-state index contributed by atoms with van der Waals surface area (Å²) in [5, 5.41) is 8.57. The summed E-state index contributed by atoms with van der Waals surface area (Å²) in [5.74, 6) is 0. The zero-order valence-electron chi connectivity index (χ0n) is 12.5. The summed E-state index contributed by atoms with van der Waals surface area (Å²) in [7, 11) is -1.21. The number of allylic oxidation sites excluding steroid dienone is 2. The molecule has 2 aliphatic rings. The molecule has 0 bridgehead atoms. The Hall–Kier alpha value is -0.865. The number of nitriles is 1. The topological polar surface area (TPSA) is 51.5 Å². The number of hydrogen-bond donors (Lipinski definition) is 0. The molecule has 0 saturated carbocycles. The molecular weight excluding hydrogens is 295 g/mol. The lowest BCUT2D eigenvalue weighted by atomic mass is 9.63. The first-order valence-corrected chi connectivity index (χ1v) is 7.10. The highest BCUT2D eigenvalue weighted by atomic mass is 35.5. The Bertz CT molecular complexity index is 513. The van der Waals surface area contributed by atoms with E-state index in [1.165, 1.54) is 12.2 Å². The number of halogens is 2. The molecule has 0 spiro atoms. The third-order valence-corrected chi connectivity index (χ3v) is 4.65. The van der Waals surface area contributed by atoms with Gasteiger partial charge in [0.1, 0.15) is 12.7 Å². The van der Waals surface area contributed by atoms with Gasteiger partial charge < -0.3 is 14.0 Å². The molecule has 1 aliphatic carbocycles. The molecule has 114 valence electrons. The maximum Gasteiger partial charge on any atom is 0.507 e. The Morgan fingerprint density at radius 3 is 2.48 bits per heavy atom. The van der Waals surface area contributed by atoms with E-state index in [2.05, 4.69) is 0 Å².